The molecule has 2 aromatic rings. The zero-order valence-electron chi connectivity index (χ0n) is 19.3. The molecule has 2 aromatic carbocycles. The van der Waals surface area contributed by atoms with Crippen LogP contribution in [-0.2, 0) is 26.3 Å². The first-order valence-corrected chi connectivity index (χ1v) is 12.0. The molecule has 5 rings (SSSR count). The first-order valence-electron chi connectivity index (χ1n) is 12.0. The molecule has 2 amide bonds. The zero-order valence-corrected chi connectivity index (χ0v) is 19.3. The zero-order chi connectivity index (χ0) is 23.0. The summed E-state index contributed by atoms with van der Waals surface area (Å²) in [5.41, 5.74) is 2.77. The Kier molecular flexibility index (Phi) is 5.83. The molecule has 4 atom stereocenters. The SMILES string of the molecule is C=C[C@H]1CCCN2C(=O)C[C@]3(c4ccccc4N(C(C)=O)[C@@H]3CCOCc3ccccc3)[C@@H]12. The Bertz CT molecular complexity index is 1050. The molecule has 0 bridgehead atoms. The molecule has 0 N–H and O–H groups in total. The summed E-state index contributed by atoms with van der Waals surface area (Å²) >= 11 is 0. The van der Waals surface area contributed by atoms with Crippen molar-refractivity contribution < 1.29 is 14.3 Å². The molecule has 3 heterocycles. The van der Waals surface area contributed by atoms with Crippen LogP contribution in [0.25, 0.3) is 0 Å². The van der Waals surface area contributed by atoms with Gasteiger partial charge in [-0.3, -0.25) is 9.59 Å². The number of para-hydroxylation sites is 1. The number of benzene rings is 2. The van der Waals surface area contributed by atoms with Crippen molar-refractivity contribution >= 4 is 17.5 Å². The minimum Gasteiger partial charge on any atom is -0.377 e. The van der Waals surface area contributed by atoms with Gasteiger partial charge in [-0.1, -0.05) is 54.6 Å². The highest BCUT2D eigenvalue weighted by molar-refractivity contribution is 5.97. The van der Waals surface area contributed by atoms with Gasteiger partial charge in [-0.15, -0.1) is 6.58 Å². The molecule has 5 heteroatoms. The number of anilines is 1. The van der Waals surface area contributed by atoms with Crippen LogP contribution in [0, 0.1) is 5.92 Å². The fourth-order valence-electron chi connectivity index (χ4n) is 6.63. The van der Waals surface area contributed by atoms with Crippen molar-refractivity contribution in [2.45, 2.75) is 56.7 Å². The Hall–Kier alpha value is -2.92. The summed E-state index contributed by atoms with van der Waals surface area (Å²) < 4.78 is 6.07. The second-order valence-corrected chi connectivity index (χ2v) is 9.54. The van der Waals surface area contributed by atoms with Gasteiger partial charge in [0, 0.05) is 37.6 Å². The van der Waals surface area contributed by atoms with E-state index in [-0.39, 0.29) is 29.8 Å². The van der Waals surface area contributed by atoms with E-state index in [9.17, 15) is 9.59 Å². The van der Waals surface area contributed by atoms with Crippen molar-refractivity contribution in [3.63, 3.8) is 0 Å². The van der Waals surface area contributed by atoms with Crippen LogP contribution in [0.2, 0.25) is 0 Å². The van der Waals surface area contributed by atoms with Crippen LogP contribution in [0.5, 0.6) is 0 Å². The van der Waals surface area contributed by atoms with E-state index >= 15 is 0 Å². The molecule has 33 heavy (non-hydrogen) atoms. The summed E-state index contributed by atoms with van der Waals surface area (Å²) in [7, 11) is 0. The second-order valence-electron chi connectivity index (χ2n) is 9.54. The smallest absolute Gasteiger partial charge is 0.224 e. The third-order valence-corrected chi connectivity index (χ3v) is 7.83. The summed E-state index contributed by atoms with van der Waals surface area (Å²) in [6.45, 7) is 7.61. The lowest BCUT2D eigenvalue weighted by Crippen LogP contribution is -2.57. The van der Waals surface area contributed by atoms with Gasteiger partial charge in [-0.25, -0.2) is 0 Å². The van der Waals surface area contributed by atoms with Crippen LogP contribution >= 0.6 is 0 Å². The van der Waals surface area contributed by atoms with Crippen molar-refractivity contribution in [1.29, 1.82) is 0 Å². The molecule has 0 aromatic heterocycles. The van der Waals surface area contributed by atoms with Gasteiger partial charge in [-0.05, 0) is 42.4 Å². The average Bonchev–Trinajstić information content (AvgIpc) is 3.29. The quantitative estimate of drug-likeness (QED) is 0.488. The Morgan fingerprint density at radius 1 is 1.18 bits per heavy atom. The monoisotopic (exact) mass is 444 g/mol. The second kappa shape index (κ2) is 8.79. The highest BCUT2D eigenvalue weighted by Gasteiger charge is 2.64. The topological polar surface area (TPSA) is 49.9 Å². The molecule has 172 valence electrons. The Labute approximate surface area is 196 Å². The molecule has 3 aliphatic rings. The number of rotatable bonds is 6. The number of hydrogen-bond donors (Lipinski definition) is 0. The fraction of sp³-hybridized carbons (Fsp3) is 0.429. The van der Waals surface area contributed by atoms with Gasteiger partial charge >= 0.3 is 0 Å². The third kappa shape index (κ3) is 3.50. The van der Waals surface area contributed by atoms with Crippen molar-refractivity contribution in [2.24, 2.45) is 5.92 Å². The van der Waals surface area contributed by atoms with Gasteiger partial charge in [-0.2, -0.15) is 0 Å². The standard InChI is InChI=1S/C28H32N2O3/c1-3-22-12-9-16-29-26(32)18-28(27(22)29)23-13-7-8-14-24(23)30(20(2)31)25(28)15-17-33-19-21-10-5-4-6-11-21/h3-8,10-11,13-14,22,25,27H,1,9,12,15-19H2,2H3/t22-,25+,27+,28+/m0/s1. The molecule has 0 saturated carbocycles. The summed E-state index contributed by atoms with van der Waals surface area (Å²) in [5.74, 6) is 0.434. The number of nitrogens with zero attached hydrogens (tertiary/aromatic N) is 2. The predicted octanol–water partition coefficient (Wildman–Crippen LogP) is 4.46. The van der Waals surface area contributed by atoms with E-state index < -0.39 is 5.41 Å². The molecule has 0 radical (unpaired) electrons. The molecule has 0 aliphatic carbocycles. The van der Waals surface area contributed by atoms with Crippen LogP contribution in [-0.4, -0.2) is 41.9 Å². The maximum Gasteiger partial charge on any atom is 0.224 e. The number of amides is 2. The number of ether oxygens (including phenoxy) is 1. The van der Waals surface area contributed by atoms with Crippen molar-refractivity contribution in [2.75, 3.05) is 18.1 Å². The van der Waals surface area contributed by atoms with E-state index in [4.69, 9.17) is 4.74 Å². The van der Waals surface area contributed by atoms with E-state index in [0.717, 1.165) is 36.2 Å². The van der Waals surface area contributed by atoms with Crippen LogP contribution in [0.1, 0.15) is 43.7 Å². The van der Waals surface area contributed by atoms with Crippen LogP contribution in [0.4, 0.5) is 5.69 Å². The van der Waals surface area contributed by atoms with Crippen LogP contribution in [0.15, 0.2) is 67.3 Å². The summed E-state index contributed by atoms with van der Waals surface area (Å²) in [6, 6.07) is 18.2. The maximum absolute atomic E-state index is 13.3. The number of carbonyl (C=O) groups excluding carboxylic acids is 2. The number of carbonyl (C=O) groups is 2. The molecular formula is C28H32N2O3. The van der Waals surface area contributed by atoms with Crippen molar-refractivity contribution in [1.82, 2.24) is 4.90 Å². The predicted molar refractivity (Wildman–Crippen MR) is 129 cm³/mol. The molecule has 5 nitrogen and oxygen atoms in total. The lowest BCUT2D eigenvalue weighted by molar-refractivity contribution is -0.130. The lowest BCUT2D eigenvalue weighted by atomic mass is 9.64. The molecule has 0 unspecified atom stereocenters. The molecule has 2 fully saturated rings. The highest BCUT2D eigenvalue weighted by Crippen LogP contribution is 2.58. The van der Waals surface area contributed by atoms with Gasteiger partial charge in [0.25, 0.3) is 0 Å². The minimum absolute atomic E-state index is 0.0178. The lowest BCUT2D eigenvalue weighted by Gasteiger charge is -2.46. The molecule has 2 saturated heterocycles. The van der Waals surface area contributed by atoms with Gasteiger partial charge in [0.2, 0.25) is 11.8 Å². The molecule has 1 spiro atoms. The number of hydrogen-bond acceptors (Lipinski definition) is 3. The molecular weight excluding hydrogens is 412 g/mol. The average molecular weight is 445 g/mol. The Morgan fingerprint density at radius 2 is 1.94 bits per heavy atom. The van der Waals surface area contributed by atoms with Gasteiger partial charge in [0.15, 0.2) is 0 Å². The Balaban J connectivity index is 1.51. The third-order valence-electron chi connectivity index (χ3n) is 7.83. The summed E-state index contributed by atoms with van der Waals surface area (Å²) in [4.78, 5) is 30.3. The number of fused-ring (bicyclic) bond motifs is 4. The van der Waals surface area contributed by atoms with Crippen molar-refractivity contribution in [3.8, 4) is 0 Å². The minimum atomic E-state index is -0.436. The molecule has 3 aliphatic heterocycles. The maximum atomic E-state index is 13.3. The summed E-state index contributed by atoms with van der Waals surface area (Å²) in [5, 5.41) is 0. The normalized spacial score (nSPS) is 28.2. The first kappa shape index (κ1) is 21.9. The largest absolute Gasteiger partial charge is 0.377 e. The highest BCUT2D eigenvalue weighted by atomic mass is 16.5. The van der Waals surface area contributed by atoms with E-state index in [1.54, 1.807) is 6.92 Å². The van der Waals surface area contributed by atoms with Crippen LogP contribution < -0.4 is 4.90 Å². The number of piperidine rings is 1. The van der Waals surface area contributed by atoms with Crippen LogP contribution in [0.3, 0.4) is 0 Å². The first-order chi connectivity index (χ1) is 16.1. The fourth-order valence-corrected chi connectivity index (χ4v) is 6.63. The summed E-state index contributed by atoms with van der Waals surface area (Å²) in [6.07, 6.45) is 5.17. The van der Waals surface area contributed by atoms with E-state index in [1.807, 2.05) is 47.4 Å². The van der Waals surface area contributed by atoms with Crippen molar-refractivity contribution in [3.05, 3.63) is 78.4 Å². The van der Waals surface area contributed by atoms with E-state index in [1.165, 1.54) is 0 Å². The Morgan fingerprint density at radius 3 is 2.70 bits per heavy atom. The van der Waals surface area contributed by atoms with Gasteiger partial charge < -0.3 is 14.5 Å². The van der Waals surface area contributed by atoms with Gasteiger partial charge in [0.1, 0.15) is 0 Å². The van der Waals surface area contributed by atoms with Gasteiger partial charge in [0.05, 0.1) is 18.7 Å². The van der Waals surface area contributed by atoms with E-state index in [0.29, 0.717) is 26.1 Å². The van der Waals surface area contributed by atoms with E-state index in [2.05, 4.69) is 29.7 Å².